The van der Waals surface area contributed by atoms with Gasteiger partial charge in [0.2, 0.25) is 0 Å². The van der Waals surface area contributed by atoms with E-state index in [1.54, 1.807) is 18.3 Å². The molecule has 1 amide bonds. The first-order valence-electron chi connectivity index (χ1n) is 8.11. The molecule has 5 heteroatoms. The van der Waals surface area contributed by atoms with Crippen LogP contribution in [0.1, 0.15) is 15.9 Å². The number of hydrogen-bond donors (Lipinski definition) is 1. The van der Waals surface area contributed by atoms with E-state index in [1.807, 2.05) is 30.3 Å². The van der Waals surface area contributed by atoms with Crippen LogP contribution in [0.25, 0.3) is 21.7 Å². The van der Waals surface area contributed by atoms with Crippen molar-refractivity contribution in [2.24, 2.45) is 0 Å². The molecule has 1 N–H and O–H groups in total. The number of nitrogens with zero attached hydrogens (tertiary/aromatic N) is 1. The van der Waals surface area contributed by atoms with Gasteiger partial charge < -0.3 is 5.32 Å². The molecule has 0 bridgehead atoms. The van der Waals surface area contributed by atoms with Crippen LogP contribution in [0.4, 0.5) is 8.78 Å². The van der Waals surface area contributed by atoms with Gasteiger partial charge in [0.05, 0.1) is 5.52 Å². The van der Waals surface area contributed by atoms with E-state index < -0.39 is 11.6 Å². The smallest absolute Gasteiger partial charge is 0.251 e. The summed E-state index contributed by atoms with van der Waals surface area (Å²) in [6.07, 6.45) is 1.72. The molecule has 3 nitrogen and oxygen atoms in total. The Bertz CT molecular complexity index is 1140. The third-order valence-corrected chi connectivity index (χ3v) is 4.28. The molecule has 0 atom stereocenters. The van der Waals surface area contributed by atoms with E-state index >= 15 is 0 Å². The van der Waals surface area contributed by atoms with Crippen LogP contribution in [0.15, 0.2) is 66.9 Å². The Morgan fingerprint density at radius 1 is 0.923 bits per heavy atom. The molecule has 0 saturated carbocycles. The molecule has 1 heterocycles. The summed E-state index contributed by atoms with van der Waals surface area (Å²) in [6.45, 7) is -0.0116. The third-order valence-electron chi connectivity index (χ3n) is 4.28. The molecule has 0 radical (unpaired) electrons. The maximum atomic E-state index is 13.7. The van der Waals surface area contributed by atoms with Gasteiger partial charge in [0.15, 0.2) is 0 Å². The van der Waals surface area contributed by atoms with Gasteiger partial charge in [0, 0.05) is 35.3 Å². The topological polar surface area (TPSA) is 42.0 Å². The summed E-state index contributed by atoms with van der Waals surface area (Å²) in [4.78, 5) is 16.7. The number of hydrogen-bond acceptors (Lipinski definition) is 2. The van der Waals surface area contributed by atoms with Crippen LogP contribution in [0.5, 0.6) is 0 Å². The minimum absolute atomic E-state index is 0.0116. The second-order valence-electron chi connectivity index (χ2n) is 6.03. The maximum Gasteiger partial charge on any atom is 0.251 e. The summed E-state index contributed by atoms with van der Waals surface area (Å²) in [5.41, 5.74) is 1.55. The highest BCUT2D eigenvalue weighted by molar-refractivity contribution is 6.02. The van der Waals surface area contributed by atoms with Crippen molar-refractivity contribution in [2.75, 3.05) is 0 Å². The van der Waals surface area contributed by atoms with Crippen molar-refractivity contribution in [1.29, 1.82) is 0 Å². The summed E-state index contributed by atoms with van der Waals surface area (Å²) in [5, 5.41) is 5.60. The monoisotopic (exact) mass is 348 g/mol. The van der Waals surface area contributed by atoms with Gasteiger partial charge in [-0.15, -0.1) is 0 Å². The molecule has 26 heavy (non-hydrogen) atoms. The number of carbonyl (C=O) groups is 1. The summed E-state index contributed by atoms with van der Waals surface area (Å²) < 4.78 is 26.6. The number of benzene rings is 3. The van der Waals surface area contributed by atoms with E-state index in [0.29, 0.717) is 5.56 Å². The second kappa shape index (κ2) is 6.52. The standard InChI is InChI=1S/C21H14F2N2O/c22-18-6-5-16(19(23)11-18)12-25-21(26)15-4-3-13-8-14-2-1-7-24-20(14)10-17(13)9-15/h1-11H,12H2,(H,25,26). The first-order valence-corrected chi connectivity index (χ1v) is 8.11. The molecule has 0 aliphatic rings. The number of aromatic nitrogens is 1. The minimum Gasteiger partial charge on any atom is -0.348 e. The fraction of sp³-hybridized carbons (Fsp3) is 0.0476. The third kappa shape index (κ3) is 3.11. The van der Waals surface area contributed by atoms with Crippen molar-refractivity contribution >= 4 is 27.6 Å². The highest BCUT2D eigenvalue weighted by Crippen LogP contribution is 2.22. The second-order valence-corrected chi connectivity index (χ2v) is 6.03. The Hall–Kier alpha value is -3.34. The first-order chi connectivity index (χ1) is 12.6. The lowest BCUT2D eigenvalue weighted by Gasteiger charge is -2.08. The van der Waals surface area contributed by atoms with Crippen LogP contribution in [-0.4, -0.2) is 10.9 Å². The van der Waals surface area contributed by atoms with Crippen LogP contribution < -0.4 is 5.32 Å². The fourth-order valence-electron chi connectivity index (χ4n) is 2.90. The zero-order chi connectivity index (χ0) is 18.1. The molecule has 0 spiro atoms. The zero-order valence-electron chi connectivity index (χ0n) is 13.7. The molecule has 3 aromatic carbocycles. The molecule has 0 fully saturated rings. The lowest BCUT2D eigenvalue weighted by molar-refractivity contribution is 0.0950. The highest BCUT2D eigenvalue weighted by Gasteiger charge is 2.09. The SMILES string of the molecule is O=C(NCc1ccc(F)cc1F)c1ccc2cc3cccnc3cc2c1. The average molecular weight is 348 g/mol. The lowest BCUT2D eigenvalue weighted by Crippen LogP contribution is -2.23. The summed E-state index contributed by atoms with van der Waals surface area (Å²) in [7, 11) is 0. The van der Waals surface area contributed by atoms with E-state index in [4.69, 9.17) is 0 Å². The van der Waals surface area contributed by atoms with E-state index in [2.05, 4.69) is 10.3 Å². The molecule has 4 rings (SSSR count). The zero-order valence-corrected chi connectivity index (χ0v) is 13.7. The van der Waals surface area contributed by atoms with Crippen LogP contribution in [0, 0.1) is 11.6 Å². The molecule has 0 unspecified atom stereocenters. The summed E-state index contributed by atoms with van der Waals surface area (Å²) >= 11 is 0. The summed E-state index contributed by atoms with van der Waals surface area (Å²) in [6, 6.07) is 16.5. The Labute approximate surface area is 148 Å². The quantitative estimate of drug-likeness (QED) is 0.550. The van der Waals surface area contributed by atoms with Gasteiger partial charge in [-0.1, -0.05) is 18.2 Å². The van der Waals surface area contributed by atoms with Gasteiger partial charge in [-0.05, 0) is 47.2 Å². The van der Waals surface area contributed by atoms with Crippen LogP contribution in [0.2, 0.25) is 0 Å². The van der Waals surface area contributed by atoms with Gasteiger partial charge in [-0.3, -0.25) is 9.78 Å². The molecule has 0 saturated heterocycles. The number of amides is 1. The van der Waals surface area contributed by atoms with Gasteiger partial charge >= 0.3 is 0 Å². The Morgan fingerprint density at radius 3 is 2.65 bits per heavy atom. The fourth-order valence-corrected chi connectivity index (χ4v) is 2.90. The minimum atomic E-state index is -0.679. The van der Waals surface area contributed by atoms with Gasteiger partial charge in [-0.2, -0.15) is 0 Å². The number of halogens is 2. The number of fused-ring (bicyclic) bond motifs is 2. The molecular weight excluding hydrogens is 334 g/mol. The van der Waals surface area contributed by atoms with Gasteiger partial charge in [0.25, 0.3) is 5.91 Å². The predicted molar refractivity (Wildman–Crippen MR) is 96.8 cm³/mol. The van der Waals surface area contributed by atoms with Crippen LogP contribution >= 0.6 is 0 Å². The summed E-state index contributed by atoms with van der Waals surface area (Å²) in [5.74, 6) is -1.65. The van der Waals surface area contributed by atoms with E-state index in [1.165, 1.54) is 12.1 Å². The molecule has 0 aliphatic heterocycles. The van der Waals surface area contributed by atoms with Crippen molar-refractivity contribution in [1.82, 2.24) is 10.3 Å². The molecule has 0 aliphatic carbocycles. The van der Waals surface area contributed by atoms with Crippen molar-refractivity contribution in [2.45, 2.75) is 6.54 Å². The van der Waals surface area contributed by atoms with Crippen molar-refractivity contribution < 1.29 is 13.6 Å². The van der Waals surface area contributed by atoms with Crippen LogP contribution in [-0.2, 0) is 6.54 Å². The van der Waals surface area contributed by atoms with E-state index in [-0.39, 0.29) is 18.0 Å². The lowest BCUT2D eigenvalue weighted by atomic mass is 10.0. The maximum absolute atomic E-state index is 13.7. The number of pyridine rings is 1. The number of carbonyl (C=O) groups excluding carboxylic acids is 1. The largest absolute Gasteiger partial charge is 0.348 e. The average Bonchev–Trinajstić information content (AvgIpc) is 2.65. The Kier molecular flexibility index (Phi) is 4.05. The van der Waals surface area contributed by atoms with Gasteiger partial charge in [-0.25, -0.2) is 8.78 Å². The Morgan fingerprint density at radius 2 is 1.81 bits per heavy atom. The normalized spacial score (nSPS) is 11.0. The van der Waals surface area contributed by atoms with Crippen molar-refractivity contribution in [3.05, 3.63) is 89.6 Å². The van der Waals surface area contributed by atoms with E-state index in [0.717, 1.165) is 27.7 Å². The van der Waals surface area contributed by atoms with E-state index in [9.17, 15) is 13.6 Å². The number of nitrogens with one attached hydrogen (secondary N) is 1. The number of rotatable bonds is 3. The molecule has 128 valence electrons. The first kappa shape index (κ1) is 16.1. The predicted octanol–water partition coefficient (Wildman–Crippen LogP) is 4.60. The van der Waals surface area contributed by atoms with Crippen molar-refractivity contribution in [3.63, 3.8) is 0 Å². The molecule has 1 aromatic heterocycles. The van der Waals surface area contributed by atoms with Crippen molar-refractivity contribution in [3.8, 4) is 0 Å². The van der Waals surface area contributed by atoms with Gasteiger partial charge in [0.1, 0.15) is 11.6 Å². The molecular formula is C21H14F2N2O. The van der Waals surface area contributed by atoms with Crippen LogP contribution in [0.3, 0.4) is 0 Å². The highest BCUT2D eigenvalue weighted by atomic mass is 19.1. The molecule has 4 aromatic rings. The Balaban J connectivity index is 1.59.